The molecule has 4 rings (SSSR count). The second-order valence-electron chi connectivity index (χ2n) is 7.44. The van der Waals surface area contributed by atoms with Gasteiger partial charge in [0, 0.05) is 6.07 Å². The van der Waals surface area contributed by atoms with Crippen LogP contribution in [0.15, 0.2) is 82.2 Å². The van der Waals surface area contributed by atoms with E-state index < -0.39 is 17.4 Å². The summed E-state index contributed by atoms with van der Waals surface area (Å²) in [5.74, 6) is -0.117. The van der Waals surface area contributed by atoms with Crippen LogP contribution in [-0.4, -0.2) is 25.7 Å². The van der Waals surface area contributed by atoms with Crippen molar-refractivity contribution in [3.8, 4) is 23.0 Å². The van der Waals surface area contributed by atoms with Gasteiger partial charge in [-0.15, -0.1) is 0 Å². The highest BCUT2D eigenvalue weighted by molar-refractivity contribution is 5.94. The van der Waals surface area contributed by atoms with Gasteiger partial charge in [-0.3, -0.25) is 4.79 Å². The molecule has 0 unspecified atom stereocenters. The largest absolute Gasteiger partial charge is 0.496 e. The van der Waals surface area contributed by atoms with Crippen molar-refractivity contribution < 1.29 is 33.0 Å². The predicted molar refractivity (Wildman–Crippen MR) is 128 cm³/mol. The highest BCUT2D eigenvalue weighted by Crippen LogP contribution is 2.26. The van der Waals surface area contributed by atoms with Gasteiger partial charge in [0.25, 0.3) is 0 Å². The minimum Gasteiger partial charge on any atom is -0.496 e. The summed E-state index contributed by atoms with van der Waals surface area (Å²) in [6.07, 6.45) is 1.91. The number of rotatable bonds is 8. The van der Waals surface area contributed by atoms with Gasteiger partial charge in [-0.05, 0) is 55.0 Å². The van der Waals surface area contributed by atoms with E-state index in [-0.39, 0.29) is 28.0 Å². The average Bonchev–Trinajstić information content (AvgIpc) is 2.89. The Bertz CT molecular complexity index is 1420. The first-order valence-electron chi connectivity index (χ1n) is 10.9. The number of ether oxygens (including phenoxy) is 4. The fourth-order valence-electron chi connectivity index (χ4n) is 3.26. The molecule has 0 fully saturated rings. The van der Waals surface area contributed by atoms with Crippen LogP contribution in [0, 0.1) is 0 Å². The van der Waals surface area contributed by atoms with Crippen molar-refractivity contribution in [2.45, 2.75) is 13.3 Å². The fourth-order valence-corrected chi connectivity index (χ4v) is 3.26. The summed E-state index contributed by atoms with van der Waals surface area (Å²) in [4.78, 5) is 37.3. The molecule has 1 aromatic heterocycles. The van der Waals surface area contributed by atoms with Crippen molar-refractivity contribution in [3.63, 3.8) is 0 Å². The van der Waals surface area contributed by atoms with Gasteiger partial charge in [0.2, 0.25) is 11.2 Å². The lowest BCUT2D eigenvalue weighted by Gasteiger charge is -2.09. The lowest BCUT2D eigenvalue weighted by Crippen LogP contribution is -2.10. The van der Waals surface area contributed by atoms with Crippen LogP contribution in [-0.2, 0) is 4.74 Å². The van der Waals surface area contributed by atoms with E-state index in [0.29, 0.717) is 23.7 Å². The number of carbonyl (C=O) groups excluding carboxylic acids is 2. The van der Waals surface area contributed by atoms with Crippen LogP contribution in [0.25, 0.3) is 11.0 Å². The molecule has 0 aliphatic carbocycles. The Kier molecular flexibility index (Phi) is 7.11. The van der Waals surface area contributed by atoms with Gasteiger partial charge in [0.1, 0.15) is 34.7 Å². The first-order chi connectivity index (χ1) is 17.0. The Hall–Kier alpha value is -4.59. The standard InChI is InChI=1S/C27H22O8/c1-3-14-32-26(29)17-8-10-18(11-9-17)34-24-16-33-23-15-19(12-13-20(23)25(24)28)35-27(30)21-6-4-5-7-22(21)31-2/h4-13,15-16H,3,14H2,1-2H3. The second kappa shape index (κ2) is 10.6. The van der Waals surface area contributed by atoms with Crippen LogP contribution < -0.4 is 19.6 Å². The van der Waals surface area contributed by atoms with Crippen molar-refractivity contribution in [3.05, 3.63) is 94.3 Å². The van der Waals surface area contributed by atoms with Crippen molar-refractivity contribution in [2.24, 2.45) is 0 Å². The molecule has 0 aliphatic heterocycles. The van der Waals surface area contributed by atoms with E-state index in [2.05, 4.69) is 0 Å². The Morgan fingerprint density at radius 1 is 0.886 bits per heavy atom. The number of methoxy groups -OCH3 is 1. The molecule has 0 spiro atoms. The first-order valence-corrected chi connectivity index (χ1v) is 10.9. The predicted octanol–water partition coefficient (Wildman–Crippen LogP) is 5.38. The minimum absolute atomic E-state index is 0.0300. The molecule has 3 aromatic carbocycles. The van der Waals surface area contributed by atoms with Crippen molar-refractivity contribution in [1.29, 1.82) is 0 Å². The van der Waals surface area contributed by atoms with E-state index in [0.717, 1.165) is 6.42 Å². The quantitative estimate of drug-likeness (QED) is 0.248. The van der Waals surface area contributed by atoms with Gasteiger partial charge in [-0.2, -0.15) is 0 Å². The molecule has 0 amide bonds. The summed E-state index contributed by atoms with van der Waals surface area (Å²) < 4.78 is 26.9. The zero-order valence-electron chi connectivity index (χ0n) is 19.1. The maximum Gasteiger partial charge on any atom is 0.347 e. The molecular formula is C27H22O8. The number of esters is 2. The first kappa shape index (κ1) is 23.6. The molecule has 0 N–H and O–H groups in total. The number of para-hydroxylation sites is 1. The lowest BCUT2D eigenvalue weighted by molar-refractivity contribution is 0.0504. The van der Waals surface area contributed by atoms with E-state index in [1.165, 1.54) is 31.6 Å². The highest BCUT2D eigenvalue weighted by atomic mass is 16.5. The third-order valence-electron chi connectivity index (χ3n) is 5.01. The summed E-state index contributed by atoms with van der Waals surface area (Å²) in [6, 6.07) is 17.4. The molecule has 0 aliphatic rings. The van der Waals surface area contributed by atoms with Crippen LogP contribution >= 0.6 is 0 Å². The Balaban J connectivity index is 1.51. The number of fused-ring (bicyclic) bond motifs is 1. The van der Waals surface area contributed by atoms with Gasteiger partial charge >= 0.3 is 11.9 Å². The SMILES string of the molecule is CCCOC(=O)c1ccc(Oc2coc3cc(OC(=O)c4ccccc4OC)ccc3c2=O)cc1. The molecule has 0 bridgehead atoms. The van der Waals surface area contributed by atoms with E-state index in [9.17, 15) is 14.4 Å². The third-order valence-corrected chi connectivity index (χ3v) is 5.01. The molecular weight excluding hydrogens is 452 g/mol. The molecule has 0 saturated heterocycles. The maximum absolute atomic E-state index is 12.9. The normalized spacial score (nSPS) is 10.6. The number of hydrogen-bond acceptors (Lipinski definition) is 8. The van der Waals surface area contributed by atoms with Gasteiger partial charge in [-0.1, -0.05) is 19.1 Å². The van der Waals surface area contributed by atoms with Crippen LogP contribution in [0.5, 0.6) is 23.0 Å². The fraction of sp³-hybridized carbons (Fsp3) is 0.148. The van der Waals surface area contributed by atoms with E-state index in [1.807, 2.05) is 6.92 Å². The van der Waals surface area contributed by atoms with Gasteiger partial charge < -0.3 is 23.4 Å². The van der Waals surface area contributed by atoms with Gasteiger partial charge in [0.15, 0.2) is 0 Å². The topological polar surface area (TPSA) is 101 Å². The van der Waals surface area contributed by atoms with Crippen LogP contribution in [0.4, 0.5) is 0 Å². The molecule has 35 heavy (non-hydrogen) atoms. The minimum atomic E-state index is -0.605. The molecule has 0 radical (unpaired) electrons. The molecule has 178 valence electrons. The van der Waals surface area contributed by atoms with Crippen molar-refractivity contribution in [2.75, 3.05) is 13.7 Å². The van der Waals surface area contributed by atoms with Crippen LogP contribution in [0.1, 0.15) is 34.1 Å². The van der Waals surface area contributed by atoms with Crippen molar-refractivity contribution in [1.82, 2.24) is 0 Å². The molecule has 0 atom stereocenters. The van der Waals surface area contributed by atoms with Gasteiger partial charge in [0.05, 0.1) is 24.7 Å². The molecule has 8 nitrogen and oxygen atoms in total. The average molecular weight is 474 g/mol. The summed E-state index contributed by atoms with van der Waals surface area (Å²) >= 11 is 0. The number of carbonyl (C=O) groups is 2. The Morgan fingerprint density at radius 2 is 1.63 bits per heavy atom. The van der Waals surface area contributed by atoms with E-state index in [1.54, 1.807) is 48.5 Å². The zero-order chi connectivity index (χ0) is 24.8. The zero-order valence-corrected chi connectivity index (χ0v) is 19.1. The Morgan fingerprint density at radius 3 is 2.37 bits per heavy atom. The maximum atomic E-state index is 12.9. The van der Waals surface area contributed by atoms with Crippen LogP contribution in [0.3, 0.4) is 0 Å². The van der Waals surface area contributed by atoms with Gasteiger partial charge in [-0.25, -0.2) is 9.59 Å². The smallest absolute Gasteiger partial charge is 0.347 e. The van der Waals surface area contributed by atoms with Crippen molar-refractivity contribution >= 4 is 22.9 Å². The molecule has 8 heteroatoms. The molecule has 4 aromatic rings. The summed E-state index contributed by atoms with van der Waals surface area (Å²) in [5, 5.41) is 0.249. The third kappa shape index (κ3) is 5.33. The number of hydrogen-bond donors (Lipinski definition) is 0. The number of benzene rings is 3. The summed E-state index contributed by atoms with van der Waals surface area (Å²) in [6.45, 7) is 2.26. The van der Waals surface area contributed by atoms with Crippen LogP contribution in [0.2, 0.25) is 0 Å². The summed E-state index contributed by atoms with van der Waals surface area (Å²) in [7, 11) is 1.46. The molecule has 1 heterocycles. The lowest BCUT2D eigenvalue weighted by atomic mass is 10.2. The van der Waals surface area contributed by atoms with E-state index >= 15 is 0 Å². The molecule has 0 saturated carbocycles. The summed E-state index contributed by atoms with van der Waals surface area (Å²) in [5.41, 5.74) is 0.471. The Labute approximate surface area is 200 Å². The second-order valence-corrected chi connectivity index (χ2v) is 7.44. The monoisotopic (exact) mass is 474 g/mol. The highest BCUT2D eigenvalue weighted by Gasteiger charge is 2.16. The van der Waals surface area contributed by atoms with E-state index in [4.69, 9.17) is 23.4 Å².